The summed E-state index contributed by atoms with van der Waals surface area (Å²) >= 11 is 3.34. The SMILES string of the molecule is N#CC1CC(n2cc(Br)cn2)C1. The predicted octanol–water partition coefficient (Wildman–Crippen LogP) is 2.12. The second-order valence-corrected chi connectivity index (χ2v) is 4.01. The molecule has 1 saturated carbocycles. The van der Waals surface area contributed by atoms with Crippen LogP contribution >= 0.6 is 15.9 Å². The van der Waals surface area contributed by atoms with Gasteiger partial charge in [-0.3, -0.25) is 4.68 Å². The van der Waals surface area contributed by atoms with Crippen molar-refractivity contribution >= 4 is 15.9 Å². The summed E-state index contributed by atoms with van der Waals surface area (Å²) in [5, 5.41) is 12.7. The maximum Gasteiger partial charge on any atom is 0.0657 e. The summed E-state index contributed by atoms with van der Waals surface area (Å²) in [6.07, 6.45) is 5.63. The smallest absolute Gasteiger partial charge is 0.0657 e. The Bertz CT molecular complexity index is 319. The van der Waals surface area contributed by atoms with E-state index in [-0.39, 0.29) is 5.92 Å². The highest BCUT2D eigenvalue weighted by Crippen LogP contribution is 2.36. The fourth-order valence-corrected chi connectivity index (χ4v) is 1.73. The van der Waals surface area contributed by atoms with Crippen molar-refractivity contribution in [1.82, 2.24) is 9.78 Å². The van der Waals surface area contributed by atoms with Crippen LogP contribution in [0.1, 0.15) is 18.9 Å². The number of aromatic nitrogens is 2. The fourth-order valence-electron chi connectivity index (χ4n) is 1.42. The minimum atomic E-state index is 0.248. The van der Waals surface area contributed by atoms with Gasteiger partial charge < -0.3 is 0 Å². The van der Waals surface area contributed by atoms with Crippen LogP contribution in [0.5, 0.6) is 0 Å². The van der Waals surface area contributed by atoms with E-state index in [0.29, 0.717) is 6.04 Å². The third kappa shape index (κ3) is 1.25. The third-order valence-electron chi connectivity index (χ3n) is 2.24. The van der Waals surface area contributed by atoms with E-state index in [1.165, 1.54) is 0 Å². The topological polar surface area (TPSA) is 41.6 Å². The van der Waals surface area contributed by atoms with Crippen LogP contribution in [-0.2, 0) is 0 Å². The van der Waals surface area contributed by atoms with Crippen LogP contribution in [0.4, 0.5) is 0 Å². The van der Waals surface area contributed by atoms with E-state index < -0.39 is 0 Å². The number of nitrogens with zero attached hydrogens (tertiary/aromatic N) is 3. The Hall–Kier alpha value is -0.820. The van der Waals surface area contributed by atoms with E-state index in [9.17, 15) is 0 Å². The maximum atomic E-state index is 8.57. The lowest BCUT2D eigenvalue weighted by Gasteiger charge is -2.30. The van der Waals surface area contributed by atoms with Crippen LogP contribution in [0.2, 0.25) is 0 Å². The molecule has 1 fully saturated rings. The molecule has 0 saturated heterocycles. The molecule has 62 valence electrons. The van der Waals surface area contributed by atoms with Gasteiger partial charge in [-0.25, -0.2) is 0 Å². The van der Waals surface area contributed by atoms with Gasteiger partial charge in [0.2, 0.25) is 0 Å². The number of nitriles is 1. The molecule has 0 radical (unpaired) electrons. The van der Waals surface area contributed by atoms with Gasteiger partial charge in [0, 0.05) is 6.20 Å². The summed E-state index contributed by atoms with van der Waals surface area (Å²) in [4.78, 5) is 0. The molecule has 1 aromatic rings. The van der Waals surface area contributed by atoms with Gasteiger partial charge in [-0.15, -0.1) is 0 Å². The normalized spacial score (nSPS) is 27.7. The highest BCUT2D eigenvalue weighted by molar-refractivity contribution is 9.10. The summed E-state index contributed by atoms with van der Waals surface area (Å²) in [7, 11) is 0. The molecule has 4 heteroatoms. The molecule has 12 heavy (non-hydrogen) atoms. The van der Waals surface area contributed by atoms with E-state index in [2.05, 4.69) is 27.1 Å². The molecule has 0 unspecified atom stereocenters. The Labute approximate surface area is 79.1 Å². The molecular formula is C8H8BrN3. The molecule has 1 aliphatic carbocycles. The maximum absolute atomic E-state index is 8.57. The first-order valence-corrected chi connectivity index (χ1v) is 4.68. The molecular weight excluding hydrogens is 218 g/mol. The Morgan fingerprint density at radius 1 is 1.67 bits per heavy atom. The lowest BCUT2D eigenvalue weighted by atomic mass is 9.81. The summed E-state index contributed by atoms with van der Waals surface area (Å²) in [6, 6.07) is 2.70. The van der Waals surface area contributed by atoms with E-state index in [4.69, 9.17) is 5.26 Å². The Balaban J connectivity index is 2.02. The summed E-state index contributed by atoms with van der Waals surface area (Å²) < 4.78 is 2.93. The number of rotatable bonds is 1. The molecule has 1 heterocycles. The molecule has 3 nitrogen and oxygen atoms in total. The molecule has 0 aliphatic heterocycles. The average Bonchev–Trinajstić information content (AvgIpc) is 2.34. The molecule has 0 bridgehead atoms. The van der Waals surface area contributed by atoms with Crippen LogP contribution in [0, 0.1) is 17.2 Å². The second-order valence-electron chi connectivity index (χ2n) is 3.09. The summed E-state index contributed by atoms with van der Waals surface area (Å²) in [5.41, 5.74) is 0. The van der Waals surface area contributed by atoms with E-state index >= 15 is 0 Å². The van der Waals surface area contributed by atoms with Crippen molar-refractivity contribution in [3.63, 3.8) is 0 Å². The lowest BCUT2D eigenvalue weighted by molar-refractivity contribution is 0.230. The van der Waals surface area contributed by atoms with Gasteiger partial charge in [-0.2, -0.15) is 10.4 Å². The van der Waals surface area contributed by atoms with Gasteiger partial charge in [0.05, 0.1) is 28.7 Å². The highest BCUT2D eigenvalue weighted by Gasteiger charge is 2.30. The van der Waals surface area contributed by atoms with Crippen molar-refractivity contribution in [2.24, 2.45) is 5.92 Å². The molecule has 1 aromatic heterocycles. The van der Waals surface area contributed by atoms with Crippen molar-refractivity contribution in [1.29, 1.82) is 5.26 Å². The largest absolute Gasteiger partial charge is 0.268 e. The van der Waals surface area contributed by atoms with Crippen molar-refractivity contribution in [2.75, 3.05) is 0 Å². The zero-order valence-corrected chi connectivity index (χ0v) is 8.03. The molecule has 0 atom stereocenters. The van der Waals surface area contributed by atoms with Crippen LogP contribution in [-0.4, -0.2) is 9.78 Å². The first kappa shape index (κ1) is 7.81. The third-order valence-corrected chi connectivity index (χ3v) is 2.65. The van der Waals surface area contributed by atoms with E-state index in [0.717, 1.165) is 17.3 Å². The molecule has 1 aliphatic rings. The van der Waals surface area contributed by atoms with Crippen LogP contribution in [0.15, 0.2) is 16.9 Å². The van der Waals surface area contributed by atoms with Gasteiger partial charge in [0.25, 0.3) is 0 Å². The standard InChI is InChI=1S/C8H8BrN3/c9-7-4-11-12(5-7)8-1-6(2-8)3-10/h4-6,8H,1-2H2. The Morgan fingerprint density at radius 3 is 2.92 bits per heavy atom. The van der Waals surface area contributed by atoms with Crippen LogP contribution < -0.4 is 0 Å². The number of hydrogen-bond donors (Lipinski definition) is 0. The van der Waals surface area contributed by atoms with Gasteiger partial charge in [0.15, 0.2) is 0 Å². The first-order valence-electron chi connectivity index (χ1n) is 3.89. The van der Waals surface area contributed by atoms with Gasteiger partial charge >= 0.3 is 0 Å². The minimum absolute atomic E-state index is 0.248. The van der Waals surface area contributed by atoms with Crippen molar-refractivity contribution < 1.29 is 0 Å². The van der Waals surface area contributed by atoms with Crippen LogP contribution in [0.25, 0.3) is 0 Å². The summed E-state index contributed by atoms with van der Waals surface area (Å²) in [6.45, 7) is 0. The minimum Gasteiger partial charge on any atom is -0.268 e. The number of halogens is 1. The van der Waals surface area contributed by atoms with Crippen molar-refractivity contribution in [3.8, 4) is 6.07 Å². The van der Waals surface area contributed by atoms with Crippen LogP contribution in [0.3, 0.4) is 0 Å². The van der Waals surface area contributed by atoms with Gasteiger partial charge in [0.1, 0.15) is 0 Å². The molecule has 0 spiro atoms. The molecule has 0 amide bonds. The highest BCUT2D eigenvalue weighted by atomic mass is 79.9. The zero-order chi connectivity index (χ0) is 8.55. The molecule has 0 N–H and O–H groups in total. The quantitative estimate of drug-likeness (QED) is 0.735. The zero-order valence-electron chi connectivity index (χ0n) is 6.44. The summed E-state index contributed by atoms with van der Waals surface area (Å²) in [5.74, 6) is 0.248. The van der Waals surface area contributed by atoms with Crippen molar-refractivity contribution in [2.45, 2.75) is 18.9 Å². The average molecular weight is 226 g/mol. The molecule has 0 aromatic carbocycles. The second kappa shape index (κ2) is 2.91. The van der Waals surface area contributed by atoms with Crippen molar-refractivity contribution in [3.05, 3.63) is 16.9 Å². The predicted molar refractivity (Wildman–Crippen MR) is 47.3 cm³/mol. The Kier molecular flexibility index (Phi) is 1.89. The van der Waals surface area contributed by atoms with E-state index in [1.807, 2.05) is 10.9 Å². The van der Waals surface area contributed by atoms with Gasteiger partial charge in [-0.05, 0) is 28.8 Å². The monoisotopic (exact) mass is 225 g/mol. The number of hydrogen-bond acceptors (Lipinski definition) is 2. The van der Waals surface area contributed by atoms with E-state index in [1.54, 1.807) is 6.20 Å². The van der Waals surface area contributed by atoms with Gasteiger partial charge in [-0.1, -0.05) is 0 Å². The first-order chi connectivity index (χ1) is 5.79. The Morgan fingerprint density at radius 2 is 2.42 bits per heavy atom. The lowest BCUT2D eigenvalue weighted by Crippen LogP contribution is -2.25. The molecule has 2 rings (SSSR count). The fraction of sp³-hybridized carbons (Fsp3) is 0.500.